The summed E-state index contributed by atoms with van der Waals surface area (Å²) in [4.78, 5) is 25.2. The lowest BCUT2D eigenvalue weighted by atomic mass is 10.0. The summed E-state index contributed by atoms with van der Waals surface area (Å²) in [5.41, 5.74) is 3.02. The van der Waals surface area contributed by atoms with Crippen LogP contribution in [0.25, 0.3) is 0 Å². The molecule has 0 spiro atoms. The Morgan fingerprint density at radius 3 is 2.75 bits per heavy atom. The van der Waals surface area contributed by atoms with Crippen LogP contribution < -0.4 is 0 Å². The van der Waals surface area contributed by atoms with Crippen molar-refractivity contribution >= 4 is 11.9 Å². The number of aliphatic carboxylic acids is 1. The van der Waals surface area contributed by atoms with Gasteiger partial charge in [-0.3, -0.25) is 9.59 Å². The Hall–Kier alpha value is -1.84. The Labute approximate surface area is 119 Å². The van der Waals surface area contributed by atoms with Crippen LogP contribution in [-0.4, -0.2) is 34.5 Å². The van der Waals surface area contributed by atoms with Gasteiger partial charge >= 0.3 is 5.97 Å². The molecule has 0 aromatic heterocycles. The van der Waals surface area contributed by atoms with Crippen molar-refractivity contribution in [3.05, 3.63) is 34.9 Å². The van der Waals surface area contributed by atoms with E-state index >= 15 is 0 Å². The lowest BCUT2D eigenvalue weighted by Gasteiger charge is -2.27. The van der Waals surface area contributed by atoms with Gasteiger partial charge in [-0.25, -0.2) is 0 Å². The molecule has 108 valence electrons. The standard InChI is InChI=1S/C16H21NO3/c1-3-11(2)17(10-15(18)19)16(20)14-9-5-7-12-6-4-8-13(12)14/h5,7,9,11H,3-4,6,8,10H2,1-2H3,(H,18,19). The fourth-order valence-corrected chi connectivity index (χ4v) is 2.77. The molecular weight excluding hydrogens is 254 g/mol. The SMILES string of the molecule is CCC(C)N(CC(=O)O)C(=O)c1cccc2c1CCC2. The maximum Gasteiger partial charge on any atom is 0.323 e. The van der Waals surface area contributed by atoms with Crippen LogP contribution in [0.5, 0.6) is 0 Å². The number of fused-ring (bicyclic) bond motifs is 1. The zero-order chi connectivity index (χ0) is 14.7. The van der Waals surface area contributed by atoms with Gasteiger partial charge in [-0.05, 0) is 49.8 Å². The Balaban J connectivity index is 2.32. The fourth-order valence-electron chi connectivity index (χ4n) is 2.77. The number of aryl methyl sites for hydroxylation is 1. The van der Waals surface area contributed by atoms with Gasteiger partial charge in [0.15, 0.2) is 0 Å². The predicted molar refractivity (Wildman–Crippen MR) is 76.9 cm³/mol. The minimum atomic E-state index is -0.966. The van der Waals surface area contributed by atoms with Crippen molar-refractivity contribution in [2.24, 2.45) is 0 Å². The van der Waals surface area contributed by atoms with E-state index in [4.69, 9.17) is 5.11 Å². The van der Waals surface area contributed by atoms with Crippen molar-refractivity contribution in [1.82, 2.24) is 4.90 Å². The molecule has 0 saturated carbocycles. The van der Waals surface area contributed by atoms with E-state index in [0.29, 0.717) is 5.56 Å². The maximum absolute atomic E-state index is 12.7. The Bertz CT molecular complexity index is 524. The van der Waals surface area contributed by atoms with Crippen LogP contribution in [0.4, 0.5) is 0 Å². The number of rotatable bonds is 5. The molecule has 1 aliphatic carbocycles. The Morgan fingerprint density at radius 2 is 2.10 bits per heavy atom. The van der Waals surface area contributed by atoms with E-state index in [9.17, 15) is 9.59 Å². The molecular formula is C16H21NO3. The summed E-state index contributed by atoms with van der Waals surface area (Å²) in [5, 5.41) is 9.02. The third kappa shape index (κ3) is 2.84. The highest BCUT2D eigenvalue weighted by Crippen LogP contribution is 2.26. The third-order valence-electron chi connectivity index (χ3n) is 4.07. The summed E-state index contributed by atoms with van der Waals surface area (Å²) in [7, 11) is 0. The molecule has 0 saturated heterocycles. The largest absolute Gasteiger partial charge is 0.480 e. The number of carbonyl (C=O) groups is 2. The van der Waals surface area contributed by atoms with Gasteiger partial charge in [0.05, 0.1) is 0 Å². The monoisotopic (exact) mass is 275 g/mol. The van der Waals surface area contributed by atoms with E-state index in [1.807, 2.05) is 26.0 Å². The normalized spacial score (nSPS) is 14.7. The number of benzene rings is 1. The molecule has 2 rings (SSSR count). The zero-order valence-corrected chi connectivity index (χ0v) is 12.1. The first-order valence-electron chi connectivity index (χ1n) is 7.18. The number of carboxylic acid groups (broad SMARTS) is 1. The Morgan fingerprint density at radius 1 is 1.35 bits per heavy atom. The van der Waals surface area contributed by atoms with Crippen LogP contribution >= 0.6 is 0 Å². The summed E-state index contributed by atoms with van der Waals surface area (Å²) in [6.45, 7) is 3.61. The number of carbonyl (C=O) groups excluding carboxylic acids is 1. The summed E-state index contributed by atoms with van der Waals surface area (Å²) >= 11 is 0. The fraction of sp³-hybridized carbons (Fsp3) is 0.500. The van der Waals surface area contributed by atoms with Gasteiger partial charge in [0.2, 0.25) is 0 Å². The predicted octanol–water partition coefficient (Wildman–Crippen LogP) is 2.50. The lowest BCUT2D eigenvalue weighted by molar-refractivity contribution is -0.138. The van der Waals surface area contributed by atoms with Crippen molar-refractivity contribution in [3.8, 4) is 0 Å². The first-order valence-corrected chi connectivity index (χ1v) is 7.18. The highest BCUT2D eigenvalue weighted by atomic mass is 16.4. The van der Waals surface area contributed by atoms with E-state index in [2.05, 4.69) is 6.07 Å². The van der Waals surface area contributed by atoms with Gasteiger partial charge in [-0.15, -0.1) is 0 Å². The zero-order valence-electron chi connectivity index (χ0n) is 12.1. The van der Waals surface area contributed by atoms with Gasteiger partial charge in [-0.2, -0.15) is 0 Å². The van der Waals surface area contributed by atoms with Gasteiger partial charge in [0.25, 0.3) is 5.91 Å². The van der Waals surface area contributed by atoms with Crippen LogP contribution in [0.15, 0.2) is 18.2 Å². The molecule has 20 heavy (non-hydrogen) atoms. The molecule has 1 unspecified atom stereocenters. The maximum atomic E-state index is 12.7. The second-order valence-electron chi connectivity index (χ2n) is 5.38. The van der Waals surface area contributed by atoms with Crippen LogP contribution in [0, 0.1) is 0 Å². The molecule has 0 aliphatic heterocycles. The highest BCUT2D eigenvalue weighted by molar-refractivity contribution is 5.97. The quantitative estimate of drug-likeness (QED) is 0.898. The van der Waals surface area contributed by atoms with Gasteiger partial charge in [0.1, 0.15) is 6.54 Å². The van der Waals surface area contributed by atoms with Crippen molar-refractivity contribution in [2.45, 2.75) is 45.6 Å². The van der Waals surface area contributed by atoms with Gasteiger partial charge in [0, 0.05) is 11.6 Å². The number of nitrogens with zero attached hydrogens (tertiary/aromatic N) is 1. The van der Waals surface area contributed by atoms with Crippen molar-refractivity contribution in [2.75, 3.05) is 6.54 Å². The molecule has 1 amide bonds. The summed E-state index contributed by atoms with van der Waals surface area (Å²) in [6, 6.07) is 5.71. The first-order chi connectivity index (χ1) is 9.54. The molecule has 1 N–H and O–H groups in total. The minimum Gasteiger partial charge on any atom is -0.480 e. The van der Waals surface area contributed by atoms with Crippen LogP contribution in [0.1, 0.15) is 48.2 Å². The molecule has 1 aromatic rings. The van der Waals surface area contributed by atoms with Crippen molar-refractivity contribution in [1.29, 1.82) is 0 Å². The summed E-state index contributed by atoms with van der Waals surface area (Å²) in [5.74, 6) is -1.12. The van der Waals surface area contributed by atoms with E-state index in [1.165, 1.54) is 10.5 Å². The summed E-state index contributed by atoms with van der Waals surface area (Å²) < 4.78 is 0. The highest BCUT2D eigenvalue weighted by Gasteiger charge is 2.26. The van der Waals surface area contributed by atoms with Gasteiger partial charge in [-0.1, -0.05) is 19.1 Å². The van der Waals surface area contributed by atoms with Crippen LogP contribution in [0.3, 0.4) is 0 Å². The molecule has 0 bridgehead atoms. The number of hydrogen-bond acceptors (Lipinski definition) is 2. The van der Waals surface area contributed by atoms with E-state index in [-0.39, 0.29) is 18.5 Å². The molecule has 0 radical (unpaired) electrons. The van der Waals surface area contributed by atoms with Crippen LogP contribution in [-0.2, 0) is 17.6 Å². The first kappa shape index (κ1) is 14.6. The van der Waals surface area contributed by atoms with Gasteiger partial charge < -0.3 is 10.0 Å². The molecule has 4 nitrogen and oxygen atoms in total. The number of amides is 1. The molecule has 0 fully saturated rings. The van der Waals surface area contributed by atoms with E-state index < -0.39 is 5.97 Å². The smallest absolute Gasteiger partial charge is 0.323 e. The van der Waals surface area contributed by atoms with E-state index in [1.54, 1.807) is 0 Å². The van der Waals surface area contributed by atoms with Crippen LogP contribution in [0.2, 0.25) is 0 Å². The molecule has 1 aromatic carbocycles. The van der Waals surface area contributed by atoms with Crippen molar-refractivity contribution in [3.63, 3.8) is 0 Å². The molecule has 1 atom stereocenters. The minimum absolute atomic E-state index is 0.0733. The average Bonchev–Trinajstić information content (AvgIpc) is 2.91. The number of hydrogen-bond donors (Lipinski definition) is 1. The van der Waals surface area contributed by atoms with Crippen molar-refractivity contribution < 1.29 is 14.7 Å². The van der Waals surface area contributed by atoms with E-state index in [0.717, 1.165) is 31.2 Å². The molecule has 4 heteroatoms. The second kappa shape index (κ2) is 6.07. The third-order valence-corrected chi connectivity index (χ3v) is 4.07. The number of carboxylic acids is 1. The summed E-state index contributed by atoms with van der Waals surface area (Å²) in [6.07, 6.45) is 3.74. The average molecular weight is 275 g/mol. The molecule has 1 aliphatic rings. The topological polar surface area (TPSA) is 57.6 Å². The second-order valence-corrected chi connectivity index (χ2v) is 5.38. The Kier molecular flexibility index (Phi) is 4.42. The molecule has 0 heterocycles. The lowest BCUT2D eigenvalue weighted by Crippen LogP contribution is -2.42.